The average Bonchev–Trinajstić information content (AvgIpc) is 2.37. The van der Waals surface area contributed by atoms with Crippen molar-refractivity contribution in [3.05, 3.63) is 24.3 Å². The fourth-order valence-electron chi connectivity index (χ4n) is 1.60. The van der Waals surface area contributed by atoms with Gasteiger partial charge < -0.3 is 19.9 Å². The third kappa shape index (κ3) is 7.03. The Morgan fingerprint density at radius 1 is 1.26 bits per heavy atom. The second-order valence-electron chi connectivity index (χ2n) is 4.93. The van der Waals surface area contributed by atoms with Crippen LogP contribution in [0.4, 0.5) is 5.69 Å². The number of rotatable bonds is 9. The van der Waals surface area contributed by atoms with Crippen molar-refractivity contribution in [2.45, 2.75) is 26.9 Å². The number of hydrogen-bond acceptors (Lipinski definition) is 4. The summed E-state index contributed by atoms with van der Waals surface area (Å²) in [6, 6.07) is 7.71. The van der Waals surface area contributed by atoms with Gasteiger partial charge in [0.2, 0.25) is 0 Å². The van der Waals surface area contributed by atoms with E-state index < -0.39 is 6.10 Å². The van der Waals surface area contributed by atoms with Gasteiger partial charge in [-0.25, -0.2) is 0 Å². The molecule has 0 spiro atoms. The summed E-state index contributed by atoms with van der Waals surface area (Å²) in [6.07, 6.45) is -0.505. The third-order valence-corrected chi connectivity index (χ3v) is 2.45. The van der Waals surface area contributed by atoms with Crippen LogP contribution in [0.25, 0.3) is 0 Å². The van der Waals surface area contributed by atoms with E-state index in [2.05, 4.69) is 19.2 Å². The Labute approximate surface area is 115 Å². The molecule has 0 heterocycles. The second-order valence-corrected chi connectivity index (χ2v) is 4.93. The normalized spacial score (nSPS) is 12.5. The topological polar surface area (TPSA) is 50.7 Å². The largest absolute Gasteiger partial charge is 0.494 e. The fourth-order valence-corrected chi connectivity index (χ4v) is 1.60. The Morgan fingerprint density at radius 3 is 2.74 bits per heavy atom. The van der Waals surface area contributed by atoms with Crippen molar-refractivity contribution in [2.24, 2.45) is 5.92 Å². The molecular formula is C15H25NO3. The van der Waals surface area contributed by atoms with Crippen LogP contribution in [0.3, 0.4) is 0 Å². The van der Waals surface area contributed by atoms with E-state index in [9.17, 15) is 5.11 Å². The summed E-state index contributed by atoms with van der Waals surface area (Å²) in [5.74, 6) is 1.32. The smallest absolute Gasteiger partial charge is 0.121 e. The summed E-state index contributed by atoms with van der Waals surface area (Å²) in [5, 5.41) is 12.9. The Hall–Kier alpha value is -1.26. The van der Waals surface area contributed by atoms with Crippen molar-refractivity contribution < 1.29 is 14.6 Å². The number of aliphatic hydroxyl groups excluding tert-OH is 1. The molecule has 4 heteroatoms. The minimum Gasteiger partial charge on any atom is -0.494 e. The maximum Gasteiger partial charge on any atom is 0.121 e. The van der Waals surface area contributed by atoms with Gasteiger partial charge in [0.1, 0.15) is 5.75 Å². The average molecular weight is 267 g/mol. The van der Waals surface area contributed by atoms with Gasteiger partial charge in [0.15, 0.2) is 0 Å². The van der Waals surface area contributed by atoms with Gasteiger partial charge in [-0.2, -0.15) is 0 Å². The van der Waals surface area contributed by atoms with Crippen LogP contribution >= 0.6 is 0 Å². The van der Waals surface area contributed by atoms with Gasteiger partial charge >= 0.3 is 0 Å². The standard InChI is InChI=1S/C15H25NO3/c1-4-19-15-7-5-6-13(8-15)16-9-14(17)11-18-10-12(2)3/h5-8,12,14,16-17H,4,9-11H2,1-3H3. The molecule has 1 rings (SSSR count). The Morgan fingerprint density at radius 2 is 2.05 bits per heavy atom. The van der Waals surface area contributed by atoms with Crippen molar-refractivity contribution >= 4 is 5.69 Å². The molecule has 108 valence electrons. The van der Waals surface area contributed by atoms with Crippen LogP contribution in [0.2, 0.25) is 0 Å². The van der Waals surface area contributed by atoms with E-state index >= 15 is 0 Å². The predicted octanol–water partition coefficient (Wildman–Crippen LogP) is 2.53. The van der Waals surface area contributed by atoms with E-state index in [1.165, 1.54) is 0 Å². The fraction of sp³-hybridized carbons (Fsp3) is 0.600. The molecule has 1 aromatic carbocycles. The number of aliphatic hydroxyl groups is 1. The first-order chi connectivity index (χ1) is 9.11. The molecule has 0 saturated carbocycles. The van der Waals surface area contributed by atoms with Crippen LogP contribution in [0, 0.1) is 5.92 Å². The van der Waals surface area contributed by atoms with Crippen LogP contribution in [0.15, 0.2) is 24.3 Å². The van der Waals surface area contributed by atoms with E-state index in [1.54, 1.807) is 0 Å². The summed E-state index contributed by atoms with van der Waals surface area (Å²) in [5.41, 5.74) is 0.939. The number of benzene rings is 1. The van der Waals surface area contributed by atoms with Crippen molar-refractivity contribution in [3.63, 3.8) is 0 Å². The highest BCUT2D eigenvalue weighted by Crippen LogP contribution is 2.17. The van der Waals surface area contributed by atoms with E-state index in [-0.39, 0.29) is 0 Å². The van der Waals surface area contributed by atoms with Crippen molar-refractivity contribution in [3.8, 4) is 5.75 Å². The zero-order valence-electron chi connectivity index (χ0n) is 12.1. The first kappa shape index (κ1) is 15.8. The lowest BCUT2D eigenvalue weighted by atomic mass is 10.2. The van der Waals surface area contributed by atoms with Crippen molar-refractivity contribution in [2.75, 3.05) is 31.7 Å². The molecule has 0 aliphatic heterocycles. The first-order valence-corrected chi connectivity index (χ1v) is 6.84. The first-order valence-electron chi connectivity index (χ1n) is 6.84. The van der Waals surface area contributed by atoms with E-state index in [4.69, 9.17) is 9.47 Å². The minimum atomic E-state index is -0.505. The molecule has 0 fully saturated rings. The Bertz CT molecular complexity index is 355. The molecular weight excluding hydrogens is 242 g/mol. The molecule has 4 nitrogen and oxygen atoms in total. The number of anilines is 1. The van der Waals surface area contributed by atoms with E-state index in [0.717, 1.165) is 11.4 Å². The number of hydrogen-bond donors (Lipinski definition) is 2. The van der Waals surface area contributed by atoms with E-state index in [0.29, 0.717) is 32.3 Å². The summed E-state index contributed by atoms with van der Waals surface area (Å²) in [4.78, 5) is 0. The van der Waals surface area contributed by atoms with Crippen molar-refractivity contribution in [1.82, 2.24) is 0 Å². The van der Waals surface area contributed by atoms with Gasteiger partial charge in [-0.05, 0) is 25.0 Å². The summed E-state index contributed by atoms with van der Waals surface area (Å²) >= 11 is 0. The molecule has 0 aliphatic carbocycles. The second kappa shape index (κ2) is 8.77. The Kier molecular flexibility index (Phi) is 7.30. The lowest BCUT2D eigenvalue weighted by Crippen LogP contribution is -2.25. The maximum atomic E-state index is 9.78. The molecule has 0 saturated heterocycles. The monoisotopic (exact) mass is 267 g/mol. The zero-order valence-corrected chi connectivity index (χ0v) is 12.1. The maximum absolute atomic E-state index is 9.78. The molecule has 0 aromatic heterocycles. The predicted molar refractivity (Wildman–Crippen MR) is 77.8 cm³/mol. The van der Waals surface area contributed by atoms with E-state index in [1.807, 2.05) is 31.2 Å². The van der Waals surface area contributed by atoms with Gasteiger partial charge in [0.05, 0.1) is 19.3 Å². The van der Waals surface area contributed by atoms with Crippen molar-refractivity contribution in [1.29, 1.82) is 0 Å². The minimum absolute atomic E-state index is 0.357. The molecule has 1 aromatic rings. The molecule has 1 atom stereocenters. The lowest BCUT2D eigenvalue weighted by Gasteiger charge is -2.14. The third-order valence-electron chi connectivity index (χ3n) is 2.45. The molecule has 19 heavy (non-hydrogen) atoms. The SMILES string of the molecule is CCOc1cccc(NCC(O)COCC(C)C)c1. The Balaban J connectivity index is 2.29. The quantitative estimate of drug-likeness (QED) is 0.722. The molecule has 0 aliphatic rings. The van der Waals surface area contributed by atoms with Gasteiger partial charge in [-0.3, -0.25) is 0 Å². The van der Waals surface area contributed by atoms with Crippen LogP contribution in [0.1, 0.15) is 20.8 Å². The van der Waals surface area contributed by atoms with Gasteiger partial charge in [0, 0.05) is 24.9 Å². The highest BCUT2D eigenvalue weighted by Gasteiger charge is 2.05. The van der Waals surface area contributed by atoms with Gasteiger partial charge in [-0.1, -0.05) is 19.9 Å². The van der Waals surface area contributed by atoms with Crippen LogP contribution < -0.4 is 10.1 Å². The van der Waals surface area contributed by atoms with Crippen LogP contribution in [-0.2, 0) is 4.74 Å². The van der Waals surface area contributed by atoms with Gasteiger partial charge in [0.25, 0.3) is 0 Å². The summed E-state index contributed by atoms with van der Waals surface area (Å²) < 4.78 is 10.8. The highest BCUT2D eigenvalue weighted by atomic mass is 16.5. The molecule has 0 amide bonds. The molecule has 0 radical (unpaired) electrons. The number of ether oxygens (including phenoxy) is 2. The summed E-state index contributed by atoms with van der Waals surface area (Å²) in [7, 11) is 0. The highest BCUT2D eigenvalue weighted by molar-refractivity contribution is 5.48. The summed E-state index contributed by atoms with van der Waals surface area (Å²) in [6.45, 7) is 8.28. The van der Waals surface area contributed by atoms with Crippen LogP contribution in [-0.4, -0.2) is 37.6 Å². The van der Waals surface area contributed by atoms with Crippen LogP contribution in [0.5, 0.6) is 5.75 Å². The zero-order chi connectivity index (χ0) is 14.1. The number of nitrogens with one attached hydrogen (secondary N) is 1. The molecule has 1 unspecified atom stereocenters. The van der Waals surface area contributed by atoms with Gasteiger partial charge in [-0.15, -0.1) is 0 Å². The lowest BCUT2D eigenvalue weighted by molar-refractivity contribution is 0.0318. The molecule has 2 N–H and O–H groups in total. The molecule has 0 bridgehead atoms.